The van der Waals surface area contributed by atoms with Crippen molar-refractivity contribution in [1.29, 1.82) is 0 Å². The standard InChI is InChI=1S/C7H12O3.C6H9NO2/c1-6(7(9)10)4-2-3-5-8;8-6(9)5-3-1-2-4-7-5/h5-6H,2-4H2,1H3,(H,9,10);4-5H,1-3H2,(H,8,9)/t6-;/m0./s1. The average molecular weight is 271 g/mol. The van der Waals surface area contributed by atoms with E-state index in [1.165, 1.54) is 0 Å². The van der Waals surface area contributed by atoms with Crippen molar-refractivity contribution in [1.82, 2.24) is 0 Å². The van der Waals surface area contributed by atoms with Crippen LogP contribution in [0.3, 0.4) is 0 Å². The second-order valence-corrected chi connectivity index (χ2v) is 4.45. The van der Waals surface area contributed by atoms with Crippen LogP contribution in [-0.2, 0) is 14.4 Å². The van der Waals surface area contributed by atoms with E-state index in [-0.39, 0.29) is 5.92 Å². The zero-order valence-corrected chi connectivity index (χ0v) is 11.1. The monoisotopic (exact) mass is 271 g/mol. The van der Waals surface area contributed by atoms with Crippen LogP contribution in [0.1, 0.15) is 45.4 Å². The van der Waals surface area contributed by atoms with E-state index >= 15 is 0 Å². The van der Waals surface area contributed by atoms with E-state index in [0.717, 1.165) is 19.1 Å². The van der Waals surface area contributed by atoms with Crippen molar-refractivity contribution in [3.63, 3.8) is 0 Å². The van der Waals surface area contributed by atoms with Crippen molar-refractivity contribution in [3.8, 4) is 0 Å². The molecule has 1 heterocycles. The fourth-order valence-corrected chi connectivity index (χ4v) is 1.50. The van der Waals surface area contributed by atoms with Gasteiger partial charge in [0, 0.05) is 6.42 Å². The Balaban J connectivity index is 0.000000342. The second kappa shape index (κ2) is 10.2. The molecule has 2 N–H and O–H groups in total. The highest BCUT2D eigenvalue weighted by Gasteiger charge is 2.16. The number of aliphatic carboxylic acids is 2. The summed E-state index contributed by atoms with van der Waals surface area (Å²) < 4.78 is 0. The first-order valence-electron chi connectivity index (χ1n) is 6.40. The van der Waals surface area contributed by atoms with Gasteiger partial charge in [-0.2, -0.15) is 0 Å². The Bertz CT molecular complexity index is 327. The van der Waals surface area contributed by atoms with Crippen LogP contribution in [0, 0.1) is 5.92 Å². The van der Waals surface area contributed by atoms with Crippen molar-refractivity contribution in [2.45, 2.75) is 51.5 Å². The molecule has 0 aromatic rings. The summed E-state index contributed by atoms with van der Waals surface area (Å²) in [6.45, 7) is 1.65. The zero-order chi connectivity index (χ0) is 14.7. The third-order valence-electron chi connectivity index (χ3n) is 2.76. The smallest absolute Gasteiger partial charge is 0.328 e. The van der Waals surface area contributed by atoms with Gasteiger partial charge < -0.3 is 15.0 Å². The quantitative estimate of drug-likeness (QED) is 0.566. The van der Waals surface area contributed by atoms with Gasteiger partial charge in [-0.05, 0) is 38.3 Å². The first kappa shape index (κ1) is 17.3. The molecule has 0 saturated heterocycles. The summed E-state index contributed by atoms with van der Waals surface area (Å²) in [7, 11) is 0. The molecule has 0 saturated carbocycles. The minimum atomic E-state index is -0.800. The second-order valence-electron chi connectivity index (χ2n) is 4.45. The fraction of sp³-hybridized carbons (Fsp3) is 0.692. The van der Waals surface area contributed by atoms with Crippen LogP contribution in [0.4, 0.5) is 0 Å². The maximum Gasteiger partial charge on any atom is 0.328 e. The molecule has 0 radical (unpaired) electrons. The van der Waals surface area contributed by atoms with Crippen molar-refractivity contribution in [2.75, 3.05) is 0 Å². The van der Waals surface area contributed by atoms with E-state index in [1.54, 1.807) is 13.1 Å². The molecule has 19 heavy (non-hydrogen) atoms. The number of hydrogen-bond donors (Lipinski definition) is 2. The molecule has 0 bridgehead atoms. The summed E-state index contributed by atoms with van der Waals surface area (Å²) in [6.07, 6.45) is 6.84. The lowest BCUT2D eigenvalue weighted by atomic mass is 10.1. The van der Waals surface area contributed by atoms with Gasteiger partial charge >= 0.3 is 11.9 Å². The summed E-state index contributed by atoms with van der Waals surface area (Å²) in [5, 5.41) is 16.8. The van der Waals surface area contributed by atoms with E-state index in [2.05, 4.69) is 4.99 Å². The number of carbonyl (C=O) groups excluding carboxylic acids is 1. The largest absolute Gasteiger partial charge is 0.481 e. The minimum absolute atomic E-state index is 0.319. The molecule has 0 aliphatic carbocycles. The number of nitrogens with zero attached hydrogens (tertiary/aromatic N) is 1. The van der Waals surface area contributed by atoms with Crippen LogP contribution in [0.5, 0.6) is 0 Å². The van der Waals surface area contributed by atoms with Crippen molar-refractivity contribution in [3.05, 3.63) is 0 Å². The predicted molar refractivity (Wildman–Crippen MR) is 70.5 cm³/mol. The van der Waals surface area contributed by atoms with E-state index in [0.29, 0.717) is 25.7 Å². The van der Waals surface area contributed by atoms with Gasteiger partial charge in [-0.25, -0.2) is 4.79 Å². The molecule has 1 aliphatic rings. The van der Waals surface area contributed by atoms with Gasteiger partial charge in [0.15, 0.2) is 0 Å². The van der Waals surface area contributed by atoms with Crippen LogP contribution in [0.2, 0.25) is 0 Å². The van der Waals surface area contributed by atoms with Gasteiger partial charge in [0.25, 0.3) is 0 Å². The van der Waals surface area contributed by atoms with Crippen LogP contribution >= 0.6 is 0 Å². The summed E-state index contributed by atoms with van der Waals surface area (Å²) in [5.41, 5.74) is 0. The summed E-state index contributed by atoms with van der Waals surface area (Å²) >= 11 is 0. The molecule has 1 unspecified atom stereocenters. The maximum absolute atomic E-state index is 10.2. The van der Waals surface area contributed by atoms with E-state index in [1.807, 2.05) is 0 Å². The number of aldehydes is 1. The zero-order valence-electron chi connectivity index (χ0n) is 11.1. The average Bonchev–Trinajstić information content (AvgIpc) is 2.40. The van der Waals surface area contributed by atoms with E-state index in [4.69, 9.17) is 10.2 Å². The highest BCUT2D eigenvalue weighted by Crippen LogP contribution is 2.08. The van der Waals surface area contributed by atoms with Crippen molar-refractivity contribution < 1.29 is 24.6 Å². The van der Waals surface area contributed by atoms with Gasteiger partial charge in [-0.15, -0.1) is 0 Å². The molecule has 0 spiro atoms. The van der Waals surface area contributed by atoms with Gasteiger partial charge in [0.1, 0.15) is 12.3 Å². The van der Waals surface area contributed by atoms with Gasteiger partial charge in [-0.3, -0.25) is 9.79 Å². The summed E-state index contributed by atoms with van der Waals surface area (Å²) in [6, 6.07) is -0.459. The Kier molecular flexibility index (Phi) is 9.30. The Hall–Kier alpha value is -1.72. The number of unbranched alkanes of at least 4 members (excludes halogenated alkanes) is 1. The minimum Gasteiger partial charge on any atom is -0.481 e. The van der Waals surface area contributed by atoms with Crippen LogP contribution in [0.25, 0.3) is 0 Å². The maximum atomic E-state index is 10.2. The van der Waals surface area contributed by atoms with Crippen LogP contribution in [-0.4, -0.2) is 40.7 Å². The van der Waals surface area contributed by atoms with Crippen LogP contribution < -0.4 is 0 Å². The van der Waals surface area contributed by atoms with Crippen molar-refractivity contribution in [2.24, 2.45) is 10.9 Å². The SMILES string of the molecule is C[C@@H](CCCC=O)C(=O)O.O=C(O)C1CCCC=N1. The molecule has 0 aromatic heterocycles. The first-order chi connectivity index (χ1) is 8.99. The molecule has 108 valence electrons. The highest BCUT2D eigenvalue weighted by molar-refractivity contribution is 5.76. The Labute approximate surface area is 112 Å². The van der Waals surface area contributed by atoms with Gasteiger partial charge in [0.2, 0.25) is 0 Å². The van der Waals surface area contributed by atoms with Crippen molar-refractivity contribution >= 4 is 24.4 Å². The summed E-state index contributed by atoms with van der Waals surface area (Å²) in [5.74, 6) is -1.91. The molecule has 2 atom stereocenters. The Morgan fingerprint density at radius 3 is 2.53 bits per heavy atom. The Morgan fingerprint density at radius 1 is 1.47 bits per heavy atom. The molecule has 1 aliphatic heterocycles. The normalized spacial score (nSPS) is 18.9. The van der Waals surface area contributed by atoms with E-state index < -0.39 is 18.0 Å². The summed E-state index contributed by atoms with van der Waals surface area (Å²) in [4.78, 5) is 34.1. The Morgan fingerprint density at radius 2 is 2.16 bits per heavy atom. The number of hydrogen-bond acceptors (Lipinski definition) is 4. The lowest BCUT2D eigenvalue weighted by Gasteiger charge is -2.09. The highest BCUT2D eigenvalue weighted by atomic mass is 16.4. The third kappa shape index (κ3) is 8.93. The van der Waals surface area contributed by atoms with Crippen LogP contribution in [0.15, 0.2) is 4.99 Å². The molecule has 6 heteroatoms. The number of carboxylic acids is 2. The molecule has 0 aromatic carbocycles. The molecule has 0 amide bonds. The molecular formula is C13H21NO5. The number of rotatable bonds is 6. The lowest BCUT2D eigenvalue weighted by molar-refractivity contribution is -0.141. The number of carboxylic acid groups (broad SMARTS) is 2. The molecule has 0 fully saturated rings. The number of carbonyl (C=O) groups is 3. The molecule has 1 rings (SSSR count). The lowest BCUT2D eigenvalue weighted by Crippen LogP contribution is -2.20. The molecule has 6 nitrogen and oxygen atoms in total. The predicted octanol–water partition coefficient (Wildman–Crippen LogP) is 1.77. The van der Waals surface area contributed by atoms with E-state index in [9.17, 15) is 14.4 Å². The topological polar surface area (TPSA) is 104 Å². The van der Waals surface area contributed by atoms with Gasteiger partial charge in [-0.1, -0.05) is 6.92 Å². The van der Waals surface area contributed by atoms with Gasteiger partial charge in [0.05, 0.1) is 5.92 Å². The molecular weight excluding hydrogens is 250 g/mol. The third-order valence-corrected chi connectivity index (χ3v) is 2.76. The first-order valence-corrected chi connectivity index (χ1v) is 6.40. The fourth-order valence-electron chi connectivity index (χ4n) is 1.50. The number of aliphatic imine (C=N–C) groups is 1.